The van der Waals surface area contributed by atoms with Crippen LogP contribution in [0.25, 0.3) is 0 Å². The summed E-state index contributed by atoms with van der Waals surface area (Å²) in [5.41, 5.74) is 6.49. The minimum Gasteiger partial charge on any atom is -0.330 e. The Labute approximate surface area is 78.9 Å². The topological polar surface area (TPSA) is 38.9 Å². The molecular formula is C7H8BrClN2. The molecule has 0 fully saturated rings. The average molecular weight is 236 g/mol. The molecule has 60 valence electrons. The van der Waals surface area contributed by atoms with Gasteiger partial charge in [0.15, 0.2) is 0 Å². The number of hydrogen-bond acceptors (Lipinski definition) is 2. The molecule has 1 aromatic rings. The van der Waals surface area contributed by atoms with E-state index in [2.05, 4.69) is 20.9 Å². The van der Waals surface area contributed by atoms with Crippen molar-refractivity contribution < 1.29 is 0 Å². The first kappa shape index (κ1) is 8.97. The van der Waals surface area contributed by atoms with E-state index in [0.29, 0.717) is 11.7 Å². The summed E-state index contributed by atoms with van der Waals surface area (Å²) in [7, 11) is 0. The lowest BCUT2D eigenvalue weighted by Gasteiger charge is -1.99. The molecule has 0 spiro atoms. The third kappa shape index (κ3) is 2.77. The van der Waals surface area contributed by atoms with Crippen LogP contribution < -0.4 is 5.73 Å². The zero-order chi connectivity index (χ0) is 8.27. The van der Waals surface area contributed by atoms with Gasteiger partial charge in [0.05, 0.1) is 0 Å². The smallest absolute Gasteiger partial charge is 0.130 e. The number of hydrogen-bond donors (Lipinski definition) is 1. The van der Waals surface area contributed by atoms with Crippen LogP contribution in [0.2, 0.25) is 5.15 Å². The van der Waals surface area contributed by atoms with Crippen LogP contribution in [0.5, 0.6) is 0 Å². The number of aromatic nitrogens is 1. The quantitative estimate of drug-likeness (QED) is 0.797. The SMILES string of the molecule is NCCc1cc(Cl)nc(Br)c1. The van der Waals surface area contributed by atoms with E-state index in [-0.39, 0.29) is 0 Å². The second kappa shape index (κ2) is 4.04. The minimum absolute atomic E-state index is 0.503. The normalized spacial score (nSPS) is 10.1. The molecule has 0 unspecified atom stereocenters. The van der Waals surface area contributed by atoms with Gasteiger partial charge in [-0.15, -0.1) is 0 Å². The van der Waals surface area contributed by atoms with Crippen molar-refractivity contribution >= 4 is 27.5 Å². The molecule has 2 nitrogen and oxygen atoms in total. The maximum atomic E-state index is 5.70. The van der Waals surface area contributed by atoms with E-state index in [9.17, 15) is 0 Å². The molecule has 0 aliphatic heterocycles. The summed E-state index contributed by atoms with van der Waals surface area (Å²) in [6.07, 6.45) is 0.834. The molecule has 0 aliphatic rings. The molecule has 1 heterocycles. The Bertz CT molecular complexity index is 232. The zero-order valence-corrected chi connectivity index (χ0v) is 8.19. The molecule has 0 saturated heterocycles. The van der Waals surface area contributed by atoms with Gasteiger partial charge in [0.2, 0.25) is 0 Å². The number of rotatable bonds is 2. The molecule has 0 saturated carbocycles. The largest absolute Gasteiger partial charge is 0.330 e. The molecule has 2 N–H and O–H groups in total. The molecule has 1 rings (SSSR count). The lowest BCUT2D eigenvalue weighted by Crippen LogP contribution is -2.02. The van der Waals surface area contributed by atoms with Gasteiger partial charge >= 0.3 is 0 Å². The van der Waals surface area contributed by atoms with Gasteiger partial charge in [0.1, 0.15) is 9.76 Å². The molecular weight excluding hydrogens is 227 g/mol. The van der Waals surface area contributed by atoms with Gasteiger partial charge in [-0.2, -0.15) is 0 Å². The van der Waals surface area contributed by atoms with Gasteiger partial charge in [-0.1, -0.05) is 11.6 Å². The van der Waals surface area contributed by atoms with Crippen LogP contribution in [-0.2, 0) is 6.42 Å². The number of nitrogens with zero attached hydrogens (tertiary/aromatic N) is 1. The minimum atomic E-state index is 0.503. The predicted octanol–water partition coefficient (Wildman–Crippen LogP) is 2.00. The number of nitrogens with two attached hydrogens (primary N) is 1. The van der Waals surface area contributed by atoms with Crippen molar-refractivity contribution in [2.45, 2.75) is 6.42 Å². The van der Waals surface area contributed by atoms with E-state index in [1.807, 2.05) is 12.1 Å². The highest BCUT2D eigenvalue weighted by Crippen LogP contribution is 2.14. The first-order chi connectivity index (χ1) is 5.22. The molecule has 0 aliphatic carbocycles. The van der Waals surface area contributed by atoms with Crippen molar-refractivity contribution in [1.29, 1.82) is 0 Å². The average Bonchev–Trinajstić information content (AvgIpc) is 1.85. The van der Waals surface area contributed by atoms with Crippen LogP contribution >= 0.6 is 27.5 Å². The van der Waals surface area contributed by atoms with Crippen molar-refractivity contribution in [2.75, 3.05) is 6.54 Å². The fourth-order valence-electron chi connectivity index (χ4n) is 0.825. The van der Waals surface area contributed by atoms with E-state index in [1.54, 1.807) is 0 Å². The summed E-state index contributed by atoms with van der Waals surface area (Å²) in [6.45, 7) is 0.632. The van der Waals surface area contributed by atoms with E-state index in [4.69, 9.17) is 17.3 Å². The van der Waals surface area contributed by atoms with Crippen molar-refractivity contribution in [3.8, 4) is 0 Å². The van der Waals surface area contributed by atoms with Crippen LogP contribution in [0.1, 0.15) is 5.56 Å². The summed E-state index contributed by atoms with van der Waals surface area (Å²) in [5, 5.41) is 0.503. The second-order valence-electron chi connectivity index (χ2n) is 2.16. The fourth-order valence-corrected chi connectivity index (χ4v) is 1.64. The third-order valence-corrected chi connectivity index (χ3v) is 1.86. The molecule has 0 amide bonds. The van der Waals surface area contributed by atoms with Gasteiger partial charge in [-0.25, -0.2) is 4.98 Å². The van der Waals surface area contributed by atoms with Gasteiger partial charge in [-0.05, 0) is 46.6 Å². The highest BCUT2D eigenvalue weighted by Gasteiger charge is 1.97. The molecule has 0 aromatic carbocycles. The molecule has 0 bridgehead atoms. The number of pyridine rings is 1. The Morgan fingerprint density at radius 3 is 2.82 bits per heavy atom. The predicted molar refractivity (Wildman–Crippen MR) is 49.7 cm³/mol. The first-order valence-corrected chi connectivity index (χ1v) is 4.41. The van der Waals surface area contributed by atoms with Crippen LogP contribution in [0.15, 0.2) is 16.7 Å². The number of halogens is 2. The Morgan fingerprint density at radius 1 is 1.55 bits per heavy atom. The van der Waals surface area contributed by atoms with Crippen LogP contribution in [-0.4, -0.2) is 11.5 Å². The molecule has 0 radical (unpaired) electrons. The molecule has 1 aromatic heterocycles. The summed E-state index contributed by atoms with van der Waals surface area (Å²) < 4.78 is 0.758. The van der Waals surface area contributed by atoms with Crippen molar-refractivity contribution in [3.05, 3.63) is 27.5 Å². The summed E-state index contributed by atoms with van der Waals surface area (Å²) >= 11 is 8.95. The van der Waals surface area contributed by atoms with Gasteiger partial charge < -0.3 is 5.73 Å². The molecule has 0 atom stereocenters. The van der Waals surface area contributed by atoms with E-state index in [0.717, 1.165) is 16.6 Å². The van der Waals surface area contributed by atoms with Crippen LogP contribution in [0, 0.1) is 0 Å². The molecule has 4 heteroatoms. The Balaban J connectivity index is 2.89. The maximum absolute atomic E-state index is 5.70. The Kier molecular flexibility index (Phi) is 3.30. The highest BCUT2D eigenvalue weighted by atomic mass is 79.9. The monoisotopic (exact) mass is 234 g/mol. The van der Waals surface area contributed by atoms with Crippen LogP contribution in [0.4, 0.5) is 0 Å². The van der Waals surface area contributed by atoms with E-state index in [1.165, 1.54) is 0 Å². The second-order valence-corrected chi connectivity index (χ2v) is 3.36. The maximum Gasteiger partial charge on any atom is 0.130 e. The van der Waals surface area contributed by atoms with E-state index < -0.39 is 0 Å². The van der Waals surface area contributed by atoms with Gasteiger partial charge in [-0.3, -0.25) is 0 Å². The third-order valence-electron chi connectivity index (χ3n) is 1.26. The van der Waals surface area contributed by atoms with Gasteiger partial charge in [0, 0.05) is 0 Å². The van der Waals surface area contributed by atoms with E-state index >= 15 is 0 Å². The summed E-state index contributed by atoms with van der Waals surface area (Å²) in [4.78, 5) is 3.96. The summed E-state index contributed by atoms with van der Waals surface area (Å²) in [6, 6.07) is 3.73. The fraction of sp³-hybridized carbons (Fsp3) is 0.286. The summed E-state index contributed by atoms with van der Waals surface area (Å²) in [5.74, 6) is 0. The lowest BCUT2D eigenvalue weighted by atomic mass is 10.2. The standard InChI is InChI=1S/C7H8BrClN2/c8-6-3-5(1-2-10)4-7(9)11-6/h3-4H,1-2,10H2. The zero-order valence-electron chi connectivity index (χ0n) is 5.85. The molecule has 11 heavy (non-hydrogen) atoms. The highest BCUT2D eigenvalue weighted by molar-refractivity contribution is 9.10. The van der Waals surface area contributed by atoms with Crippen molar-refractivity contribution in [1.82, 2.24) is 4.98 Å². The first-order valence-electron chi connectivity index (χ1n) is 3.24. The lowest BCUT2D eigenvalue weighted by molar-refractivity contribution is 0.961. The van der Waals surface area contributed by atoms with Crippen LogP contribution in [0.3, 0.4) is 0 Å². The van der Waals surface area contributed by atoms with Gasteiger partial charge in [0.25, 0.3) is 0 Å². The van der Waals surface area contributed by atoms with Crippen molar-refractivity contribution in [3.63, 3.8) is 0 Å². The van der Waals surface area contributed by atoms with Crippen molar-refractivity contribution in [2.24, 2.45) is 5.73 Å². The Morgan fingerprint density at radius 2 is 2.27 bits per heavy atom. The Hall–Kier alpha value is -0.120.